The molecular formula is C11H17N3O5S. The molecule has 1 atom stereocenters. The van der Waals surface area contributed by atoms with Gasteiger partial charge >= 0.3 is 5.97 Å². The third-order valence-corrected chi connectivity index (χ3v) is 4.91. The summed E-state index contributed by atoms with van der Waals surface area (Å²) in [6.45, 7) is 2.45. The zero-order chi connectivity index (χ0) is 14.8. The van der Waals surface area contributed by atoms with E-state index in [-0.39, 0.29) is 31.0 Å². The highest BCUT2D eigenvalue weighted by molar-refractivity contribution is 7.91. The topological polar surface area (TPSA) is 114 Å². The molecule has 0 aromatic carbocycles. The largest absolute Gasteiger partial charge is 0.481 e. The molecule has 1 aromatic heterocycles. The first kappa shape index (κ1) is 14.9. The minimum atomic E-state index is -3.17. The molecule has 20 heavy (non-hydrogen) atoms. The van der Waals surface area contributed by atoms with Gasteiger partial charge in [-0.1, -0.05) is 6.92 Å². The van der Waals surface area contributed by atoms with E-state index in [1.165, 1.54) is 0 Å². The van der Waals surface area contributed by atoms with Crippen LogP contribution in [-0.2, 0) is 27.6 Å². The number of aromatic nitrogens is 2. The summed E-state index contributed by atoms with van der Waals surface area (Å²) in [5.74, 6) is -0.237. The Morgan fingerprint density at radius 3 is 2.75 bits per heavy atom. The van der Waals surface area contributed by atoms with E-state index in [1.807, 2.05) is 6.92 Å². The van der Waals surface area contributed by atoms with Crippen molar-refractivity contribution in [2.75, 3.05) is 18.1 Å². The first-order chi connectivity index (χ1) is 9.39. The van der Waals surface area contributed by atoms with Crippen LogP contribution in [0.15, 0.2) is 4.42 Å². The minimum absolute atomic E-state index is 0.0257. The van der Waals surface area contributed by atoms with Gasteiger partial charge in [0.05, 0.1) is 24.5 Å². The molecular weight excluding hydrogens is 286 g/mol. The molecule has 2 heterocycles. The standard InChI is InChI=1S/C11H17N3O5S/c1-2-9-12-13-10(19-9)6-14-3-4-20(17,18)7-8(14)5-11(15)16/h8H,2-7H2,1H3,(H,15,16). The maximum atomic E-state index is 11.6. The van der Waals surface area contributed by atoms with Crippen molar-refractivity contribution >= 4 is 15.8 Å². The highest BCUT2D eigenvalue weighted by Crippen LogP contribution is 2.17. The molecule has 0 radical (unpaired) electrons. The number of aliphatic carboxylic acids is 1. The first-order valence-electron chi connectivity index (χ1n) is 6.37. The van der Waals surface area contributed by atoms with Crippen molar-refractivity contribution in [1.82, 2.24) is 15.1 Å². The molecule has 9 heteroatoms. The zero-order valence-corrected chi connectivity index (χ0v) is 12.0. The lowest BCUT2D eigenvalue weighted by Gasteiger charge is -2.33. The predicted octanol–water partition coefficient (Wildman–Crippen LogP) is -0.294. The van der Waals surface area contributed by atoms with Crippen molar-refractivity contribution in [3.63, 3.8) is 0 Å². The van der Waals surface area contributed by atoms with Gasteiger partial charge in [0.15, 0.2) is 9.84 Å². The number of carboxylic acids is 1. The van der Waals surface area contributed by atoms with Gasteiger partial charge in [0.25, 0.3) is 0 Å². The lowest BCUT2D eigenvalue weighted by Crippen LogP contribution is -2.48. The van der Waals surface area contributed by atoms with Crippen LogP contribution in [0.1, 0.15) is 25.1 Å². The van der Waals surface area contributed by atoms with E-state index >= 15 is 0 Å². The normalized spacial score (nSPS) is 22.8. The molecule has 0 aliphatic carbocycles. The average Bonchev–Trinajstić information content (AvgIpc) is 2.79. The highest BCUT2D eigenvalue weighted by atomic mass is 32.2. The lowest BCUT2D eigenvalue weighted by molar-refractivity contribution is -0.138. The second kappa shape index (κ2) is 5.88. The fourth-order valence-corrected chi connectivity index (χ4v) is 3.78. The summed E-state index contributed by atoms with van der Waals surface area (Å²) in [6, 6.07) is -0.553. The summed E-state index contributed by atoms with van der Waals surface area (Å²) in [5.41, 5.74) is 0. The maximum Gasteiger partial charge on any atom is 0.304 e. The Kier molecular flexibility index (Phi) is 4.39. The molecule has 112 valence electrons. The maximum absolute atomic E-state index is 11.6. The molecule has 1 aliphatic rings. The van der Waals surface area contributed by atoms with Crippen molar-refractivity contribution in [2.45, 2.75) is 32.4 Å². The van der Waals surface area contributed by atoms with Crippen molar-refractivity contribution in [1.29, 1.82) is 0 Å². The third kappa shape index (κ3) is 3.76. The van der Waals surface area contributed by atoms with E-state index < -0.39 is 21.8 Å². The number of nitrogens with zero attached hydrogens (tertiary/aromatic N) is 3. The Labute approximate surface area is 116 Å². The van der Waals surface area contributed by atoms with E-state index in [0.29, 0.717) is 18.2 Å². The quantitative estimate of drug-likeness (QED) is 0.789. The molecule has 1 N–H and O–H groups in total. The van der Waals surface area contributed by atoms with Crippen molar-refractivity contribution in [3.05, 3.63) is 11.8 Å². The van der Waals surface area contributed by atoms with Crippen LogP contribution in [0, 0.1) is 0 Å². The molecule has 0 bridgehead atoms. The van der Waals surface area contributed by atoms with Crippen LogP contribution in [0.2, 0.25) is 0 Å². The van der Waals surface area contributed by atoms with Crippen LogP contribution >= 0.6 is 0 Å². The van der Waals surface area contributed by atoms with E-state index in [2.05, 4.69) is 10.2 Å². The molecule has 0 spiro atoms. The van der Waals surface area contributed by atoms with Crippen LogP contribution in [0.3, 0.4) is 0 Å². The fourth-order valence-electron chi connectivity index (χ4n) is 2.19. The fraction of sp³-hybridized carbons (Fsp3) is 0.727. The Balaban J connectivity index is 2.09. The third-order valence-electron chi connectivity index (χ3n) is 3.21. The highest BCUT2D eigenvalue weighted by Gasteiger charge is 2.33. The number of rotatable bonds is 5. The molecule has 0 saturated carbocycles. The van der Waals surface area contributed by atoms with Gasteiger partial charge in [-0.15, -0.1) is 10.2 Å². The molecule has 1 unspecified atom stereocenters. The Morgan fingerprint density at radius 2 is 2.15 bits per heavy atom. The molecule has 2 rings (SSSR count). The van der Waals surface area contributed by atoms with Crippen molar-refractivity contribution < 1.29 is 22.7 Å². The lowest BCUT2D eigenvalue weighted by atomic mass is 10.2. The molecule has 0 amide bonds. The molecule has 1 fully saturated rings. The van der Waals surface area contributed by atoms with Crippen LogP contribution < -0.4 is 0 Å². The first-order valence-corrected chi connectivity index (χ1v) is 8.19. The number of sulfone groups is 1. The summed E-state index contributed by atoms with van der Waals surface area (Å²) in [5, 5.41) is 16.6. The number of hydrogen-bond acceptors (Lipinski definition) is 7. The van der Waals surface area contributed by atoms with E-state index in [9.17, 15) is 13.2 Å². The summed E-state index contributed by atoms with van der Waals surface area (Å²) in [6.07, 6.45) is 0.411. The summed E-state index contributed by atoms with van der Waals surface area (Å²) < 4.78 is 28.6. The Morgan fingerprint density at radius 1 is 1.45 bits per heavy atom. The van der Waals surface area contributed by atoms with Gasteiger partial charge in [-0.3, -0.25) is 9.69 Å². The molecule has 8 nitrogen and oxygen atoms in total. The number of hydrogen-bond donors (Lipinski definition) is 1. The van der Waals surface area contributed by atoms with Gasteiger partial charge in [0, 0.05) is 19.0 Å². The Hall–Kier alpha value is -1.48. The van der Waals surface area contributed by atoms with Gasteiger partial charge in [-0.25, -0.2) is 8.42 Å². The summed E-state index contributed by atoms with van der Waals surface area (Å²) in [4.78, 5) is 12.6. The number of carbonyl (C=O) groups is 1. The smallest absolute Gasteiger partial charge is 0.304 e. The van der Waals surface area contributed by atoms with Crippen LogP contribution in [0.5, 0.6) is 0 Å². The van der Waals surface area contributed by atoms with E-state index in [0.717, 1.165) is 0 Å². The van der Waals surface area contributed by atoms with Crippen LogP contribution in [-0.4, -0.2) is 58.7 Å². The van der Waals surface area contributed by atoms with Crippen LogP contribution in [0.25, 0.3) is 0 Å². The number of aryl methyl sites for hydroxylation is 1. The average molecular weight is 303 g/mol. The second-order valence-electron chi connectivity index (χ2n) is 4.78. The summed E-state index contributed by atoms with van der Waals surface area (Å²) >= 11 is 0. The molecule has 1 saturated heterocycles. The van der Waals surface area contributed by atoms with E-state index in [1.54, 1.807) is 4.90 Å². The van der Waals surface area contributed by atoms with Crippen molar-refractivity contribution in [2.24, 2.45) is 0 Å². The zero-order valence-electron chi connectivity index (χ0n) is 11.2. The van der Waals surface area contributed by atoms with Gasteiger partial charge in [-0.05, 0) is 0 Å². The van der Waals surface area contributed by atoms with Gasteiger partial charge < -0.3 is 9.52 Å². The monoisotopic (exact) mass is 303 g/mol. The molecule has 1 aliphatic heterocycles. The second-order valence-corrected chi connectivity index (χ2v) is 7.01. The van der Waals surface area contributed by atoms with Crippen molar-refractivity contribution in [3.8, 4) is 0 Å². The summed E-state index contributed by atoms with van der Waals surface area (Å²) in [7, 11) is -3.17. The molecule has 1 aromatic rings. The van der Waals surface area contributed by atoms with Gasteiger partial charge in [-0.2, -0.15) is 0 Å². The predicted molar refractivity (Wildman–Crippen MR) is 68.8 cm³/mol. The number of carboxylic acid groups (broad SMARTS) is 1. The minimum Gasteiger partial charge on any atom is -0.481 e. The SMILES string of the molecule is CCc1nnc(CN2CCS(=O)(=O)CC2CC(=O)O)o1. The van der Waals surface area contributed by atoms with E-state index in [4.69, 9.17) is 9.52 Å². The van der Waals surface area contributed by atoms with Gasteiger partial charge in [0.1, 0.15) is 0 Å². The van der Waals surface area contributed by atoms with Crippen LogP contribution in [0.4, 0.5) is 0 Å². The Bertz CT molecular complexity index is 583. The van der Waals surface area contributed by atoms with Gasteiger partial charge in [0.2, 0.25) is 11.8 Å².